The van der Waals surface area contributed by atoms with Crippen LogP contribution in [0, 0.1) is 17.8 Å². The summed E-state index contributed by atoms with van der Waals surface area (Å²) in [5.74, 6) is -0.987. The molecule has 1 aliphatic heterocycles. The van der Waals surface area contributed by atoms with Gasteiger partial charge in [-0.3, -0.25) is 9.59 Å². The van der Waals surface area contributed by atoms with Gasteiger partial charge in [0, 0.05) is 31.5 Å². The summed E-state index contributed by atoms with van der Waals surface area (Å²) >= 11 is 0. The standard InChI is InChI=1S/C26H28N2O5/c29-24(28-11-9-16(10-12-28)25(30)31)22-13-17(22)14-27-26(32)33-15-23-20-7-3-1-5-18(20)19-6-2-4-8-21(19)23/h1-8,16-17,22-23H,9-15H2,(H,27,32)(H,30,31)/t17-,22-/m0/s1. The van der Waals surface area contributed by atoms with E-state index >= 15 is 0 Å². The van der Waals surface area contributed by atoms with Gasteiger partial charge in [-0.1, -0.05) is 48.5 Å². The van der Waals surface area contributed by atoms with Gasteiger partial charge in [-0.2, -0.15) is 0 Å². The Bertz CT molecular complexity index is 1030. The van der Waals surface area contributed by atoms with E-state index in [-0.39, 0.29) is 36.2 Å². The van der Waals surface area contributed by atoms with Crippen LogP contribution in [0.15, 0.2) is 48.5 Å². The van der Waals surface area contributed by atoms with Crippen LogP contribution in [0.5, 0.6) is 0 Å². The van der Waals surface area contributed by atoms with Crippen molar-refractivity contribution in [2.75, 3.05) is 26.2 Å². The van der Waals surface area contributed by atoms with E-state index in [1.165, 1.54) is 22.3 Å². The highest BCUT2D eigenvalue weighted by Crippen LogP contribution is 2.44. The first-order valence-corrected chi connectivity index (χ1v) is 11.6. The van der Waals surface area contributed by atoms with Crippen LogP contribution in [0.4, 0.5) is 4.79 Å². The number of hydrogen-bond acceptors (Lipinski definition) is 4. The zero-order valence-electron chi connectivity index (χ0n) is 18.4. The number of nitrogens with one attached hydrogen (secondary N) is 1. The van der Waals surface area contributed by atoms with Gasteiger partial charge in [-0.05, 0) is 47.4 Å². The fourth-order valence-corrected chi connectivity index (χ4v) is 5.22. The minimum absolute atomic E-state index is 0.0205. The van der Waals surface area contributed by atoms with E-state index in [1.807, 2.05) is 24.3 Å². The molecule has 0 spiro atoms. The van der Waals surface area contributed by atoms with Crippen molar-refractivity contribution in [2.24, 2.45) is 17.8 Å². The number of alkyl carbamates (subject to hydrolysis) is 1. The largest absolute Gasteiger partial charge is 0.481 e. The molecule has 2 amide bonds. The molecule has 0 bridgehead atoms. The highest BCUT2D eigenvalue weighted by Gasteiger charge is 2.45. The number of benzene rings is 2. The van der Waals surface area contributed by atoms with Crippen LogP contribution in [0.2, 0.25) is 0 Å². The summed E-state index contributed by atoms with van der Waals surface area (Å²) < 4.78 is 5.56. The maximum absolute atomic E-state index is 12.7. The van der Waals surface area contributed by atoms with E-state index in [2.05, 4.69) is 29.6 Å². The zero-order chi connectivity index (χ0) is 22.9. The Hall–Kier alpha value is -3.35. The first-order valence-electron chi connectivity index (χ1n) is 11.6. The van der Waals surface area contributed by atoms with Gasteiger partial charge < -0.3 is 20.1 Å². The quantitative estimate of drug-likeness (QED) is 0.705. The summed E-state index contributed by atoms with van der Waals surface area (Å²) in [5, 5.41) is 11.9. The van der Waals surface area contributed by atoms with Gasteiger partial charge in [0.25, 0.3) is 0 Å². The molecule has 7 nitrogen and oxygen atoms in total. The number of carbonyl (C=O) groups is 3. The molecule has 1 saturated heterocycles. The Morgan fingerprint density at radius 2 is 1.58 bits per heavy atom. The molecule has 2 aromatic rings. The third-order valence-corrected chi connectivity index (χ3v) is 7.25. The minimum atomic E-state index is -0.779. The molecule has 3 aliphatic rings. The van der Waals surface area contributed by atoms with Crippen molar-refractivity contribution < 1.29 is 24.2 Å². The number of nitrogens with zero attached hydrogens (tertiary/aromatic N) is 1. The van der Waals surface area contributed by atoms with Crippen LogP contribution in [0.25, 0.3) is 11.1 Å². The van der Waals surface area contributed by atoms with Gasteiger partial charge in [-0.25, -0.2) is 4.79 Å². The maximum Gasteiger partial charge on any atom is 0.407 e. The Labute approximate surface area is 192 Å². The van der Waals surface area contributed by atoms with Crippen molar-refractivity contribution in [1.82, 2.24) is 10.2 Å². The number of piperidine rings is 1. The fourth-order valence-electron chi connectivity index (χ4n) is 5.22. The summed E-state index contributed by atoms with van der Waals surface area (Å²) in [6.45, 7) is 1.68. The molecular weight excluding hydrogens is 420 g/mol. The third-order valence-electron chi connectivity index (χ3n) is 7.25. The van der Waals surface area contributed by atoms with E-state index < -0.39 is 12.1 Å². The molecule has 1 heterocycles. The predicted molar refractivity (Wildman–Crippen MR) is 122 cm³/mol. The number of fused-ring (bicyclic) bond motifs is 3. The number of ether oxygens (including phenoxy) is 1. The molecule has 0 aromatic heterocycles. The molecule has 33 heavy (non-hydrogen) atoms. The predicted octanol–water partition coefficient (Wildman–Crippen LogP) is 3.48. The van der Waals surface area contributed by atoms with Crippen LogP contribution >= 0.6 is 0 Å². The highest BCUT2D eigenvalue weighted by molar-refractivity contribution is 5.82. The average Bonchev–Trinajstić information content (AvgIpc) is 3.56. The first kappa shape index (κ1) is 21.5. The number of carboxylic acids is 1. The number of hydrogen-bond donors (Lipinski definition) is 2. The molecule has 7 heteroatoms. The summed E-state index contributed by atoms with van der Waals surface area (Å²) in [4.78, 5) is 37.9. The molecule has 5 rings (SSSR count). The first-order chi connectivity index (χ1) is 16.0. The number of amides is 2. The van der Waals surface area contributed by atoms with Gasteiger partial charge in [0.15, 0.2) is 0 Å². The zero-order valence-corrected chi connectivity index (χ0v) is 18.4. The lowest BCUT2D eigenvalue weighted by atomic mass is 9.97. The Morgan fingerprint density at radius 3 is 2.18 bits per heavy atom. The minimum Gasteiger partial charge on any atom is -0.481 e. The van der Waals surface area contributed by atoms with Crippen molar-refractivity contribution >= 4 is 18.0 Å². The number of aliphatic carboxylic acids is 1. The molecule has 2 aromatic carbocycles. The topological polar surface area (TPSA) is 95.9 Å². The number of carboxylic acid groups (broad SMARTS) is 1. The molecule has 2 N–H and O–H groups in total. The molecule has 0 radical (unpaired) electrons. The van der Waals surface area contributed by atoms with Gasteiger partial charge >= 0.3 is 12.1 Å². The van der Waals surface area contributed by atoms with E-state index in [4.69, 9.17) is 9.84 Å². The average molecular weight is 449 g/mol. The van der Waals surface area contributed by atoms with Gasteiger partial charge in [0.05, 0.1) is 5.92 Å². The van der Waals surface area contributed by atoms with E-state index in [0.29, 0.717) is 32.5 Å². The van der Waals surface area contributed by atoms with Crippen LogP contribution in [0.3, 0.4) is 0 Å². The van der Waals surface area contributed by atoms with Crippen LogP contribution in [-0.4, -0.2) is 54.2 Å². The smallest absolute Gasteiger partial charge is 0.407 e. The lowest BCUT2D eigenvalue weighted by Gasteiger charge is -2.30. The second-order valence-corrected chi connectivity index (χ2v) is 9.25. The molecular formula is C26H28N2O5. The van der Waals surface area contributed by atoms with E-state index in [1.54, 1.807) is 4.90 Å². The van der Waals surface area contributed by atoms with Crippen molar-refractivity contribution in [1.29, 1.82) is 0 Å². The number of rotatable bonds is 6. The van der Waals surface area contributed by atoms with Gasteiger partial charge in [0.1, 0.15) is 6.61 Å². The third kappa shape index (κ3) is 4.32. The molecule has 2 aliphatic carbocycles. The molecule has 2 fully saturated rings. The second-order valence-electron chi connectivity index (χ2n) is 9.25. The highest BCUT2D eigenvalue weighted by atomic mass is 16.5. The van der Waals surface area contributed by atoms with Crippen molar-refractivity contribution in [3.63, 3.8) is 0 Å². The van der Waals surface area contributed by atoms with E-state index in [9.17, 15) is 14.4 Å². The summed E-state index contributed by atoms with van der Waals surface area (Å²) in [5.41, 5.74) is 4.72. The van der Waals surface area contributed by atoms with Crippen LogP contribution in [0.1, 0.15) is 36.3 Å². The Morgan fingerprint density at radius 1 is 0.970 bits per heavy atom. The van der Waals surface area contributed by atoms with Gasteiger partial charge in [0.2, 0.25) is 5.91 Å². The van der Waals surface area contributed by atoms with Crippen LogP contribution < -0.4 is 5.32 Å². The lowest BCUT2D eigenvalue weighted by molar-refractivity contribution is -0.146. The SMILES string of the molecule is O=C(NC[C@@H]1C[C@@H]1C(=O)N1CCC(C(=O)O)CC1)OCC1c2ccccc2-c2ccccc21. The molecule has 2 atom stereocenters. The van der Waals surface area contributed by atoms with Crippen molar-refractivity contribution in [2.45, 2.75) is 25.2 Å². The van der Waals surface area contributed by atoms with Crippen molar-refractivity contribution in [3.8, 4) is 11.1 Å². The van der Waals surface area contributed by atoms with Crippen LogP contribution in [-0.2, 0) is 14.3 Å². The van der Waals surface area contributed by atoms with Gasteiger partial charge in [-0.15, -0.1) is 0 Å². The fraction of sp³-hybridized carbons (Fsp3) is 0.423. The molecule has 1 saturated carbocycles. The van der Waals surface area contributed by atoms with E-state index in [0.717, 1.165) is 6.42 Å². The monoisotopic (exact) mass is 448 g/mol. The van der Waals surface area contributed by atoms with Crippen molar-refractivity contribution in [3.05, 3.63) is 59.7 Å². The Balaban J connectivity index is 1.08. The second kappa shape index (κ2) is 8.89. The Kier molecular flexibility index (Phi) is 5.79. The maximum atomic E-state index is 12.7. The molecule has 172 valence electrons. The summed E-state index contributed by atoms with van der Waals surface area (Å²) in [6, 6.07) is 16.4. The number of carbonyl (C=O) groups excluding carboxylic acids is 2. The summed E-state index contributed by atoms with van der Waals surface area (Å²) in [7, 11) is 0. The molecule has 0 unspecified atom stereocenters. The number of likely N-dealkylation sites (tertiary alicyclic amines) is 1. The lowest BCUT2D eigenvalue weighted by Crippen LogP contribution is -2.41. The normalized spacial score (nSPS) is 21.8. The summed E-state index contributed by atoms with van der Waals surface area (Å²) in [6.07, 6.45) is 1.31.